The van der Waals surface area contributed by atoms with Gasteiger partial charge in [-0.05, 0) is 25.1 Å². The maximum atomic E-state index is 11.3. The number of hydrogen-bond donors (Lipinski definition) is 0. The van der Waals surface area contributed by atoms with Gasteiger partial charge in [-0.2, -0.15) is 5.10 Å². The number of fused-ring (bicyclic) bond motifs is 1. The zero-order valence-electron chi connectivity index (χ0n) is 10.8. The minimum absolute atomic E-state index is 0.0994. The van der Waals surface area contributed by atoms with Crippen molar-refractivity contribution in [2.45, 2.75) is 13.8 Å². The SMILES string of the molecule is CC(=O)n1ccc(-c2cc3ccccc3nc2C)n1. The van der Waals surface area contributed by atoms with Crippen LogP contribution in [-0.4, -0.2) is 20.7 Å². The maximum Gasteiger partial charge on any atom is 0.243 e. The van der Waals surface area contributed by atoms with Crippen LogP contribution in [0.5, 0.6) is 0 Å². The number of carbonyl (C=O) groups is 1. The van der Waals surface area contributed by atoms with Gasteiger partial charge in [-0.25, -0.2) is 4.68 Å². The minimum atomic E-state index is -0.0994. The third kappa shape index (κ3) is 2.01. The van der Waals surface area contributed by atoms with E-state index in [1.807, 2.05) is 37.3 Å². The average molecular weight is 251 g/mol. The molecule has 3 rings (SSSR count). The summed E-state index contributed by atoms with van der Waals surface area (Å²) in [4.78, 5) is 15.8. The molecule has 94 valence electrons. The van der Waals surface area contributed by atoms with Crippen molar-refractivity contribution in [2.24, 2.45) is 0 Å². The number of benzene rings is 1. The summed E-state index contributed by atoms with van der Waals surface area (Å²) in [5.74, 6) is -0.0994. The van der Waals surface area contributed by atoms with Crippen LogP contribution in [0.25, 0.3) is 22.2 Å². The van der Waals surface area contributed by atoms with Gasteiger partial charge in [0.15, 0.2) is 0 Å². The maximum absolute atomic E-state index is 11.3. The standard InChI is InChI=1S/C15H13N3O/c1-10-13(15-7-8-18(17-15)11(2)19)9-12-5-3-4-6-14(12)16-10/h3-9H,1-2H3. The molecule has 0 fully saturated rings. The van der Waals surface area contributed by atoms with Gasteiger partial charge in [0.25, 0.3) is 0 Å². The van der Waals surface area contributed by atoms with Crippen LogP contribution < -0.4 is 0 Å². The fraction of sp³-hybridized carbons (Fsp3) is 0.133. The monoisotopic (exact) mass is 251 g/mol. The Labute approximate surface area is 110 Å². The van der Waals surface area contributed by atoms with Gasteiger partial charge in [-0.1, -0.05) is 18.2 Å². The van der Waals surface area contributed by atoms with Gasteiger partial charge >= 0.3 is 0 Å². The second-order valence-corrected chi connectivity index (χ2v) is 4.48. The second kappa shape index (κ2) is 4.31. The van der Waals surface area contributed by atoms with E-state index >= 15 is 0 Å². The lowest BCUT2D eigenvalue weighted by Gasteiger charge is -2.04. The number of carbonyl (C=O) groups excluding carboxylic acids is 1. The van der Waals surface area contributed by atoms with Crippen molar-refractivity contribution in [3.8, 4) is 11.3 Å². The summed E-state index contributed by atoms with van der Waals surface area (Å²) in [6.07, 6.45) is 1.67. The molecule has 3 aromatic rings. The summed E-state index contributed by atoms with van der Waals surface area (Å²) < 4.78 is 1.34. The fourth-order valence-electron chi connectivity index (χ4n) is 2.11. The minimum Gasteiger partial charge on any atom is -0.273 e. The van der Waals surface area contributed by atoms with Crippen molar-refractivity contribution >= 4 is 16.8 Å². The van der Waals surface area contributed by atoms with Gasteiger partial charge in [-0.15, -0.1) is 0 Å². The lowest BCUT2D eigenvalue weighted by Crippen LogP contribution is -2.05. The zero-order valence-corrected chi connectivity index (χ0v) is 10.8. The van der Waals surface area contributed by atoms with Crippen LogP contribution in [0.4, 0.5) is 0 Å². The van der Waals surface area contributed by atoms with Crippen LogP contribution in [0.3, 0.4) is 0 Å². The molecule has 4 heteroatoms. The highest BCUT2D eigenvalue weighted by atomic mass is 16.2. The van der Waals surface area contributed by atoms with Gasteiger partial charge in [0.1, 0.15) is 0 Å². The Morgan fingerprint density at radius 1 is 1.21 bits per heavy atom. The number of hydrogen-bond acceptors (Lipinski definition) is 3. The van der Waals surface area contributed by atoms with E-state index in [-0.39, 0.29) is 5.91 Å². The summed E-state index contributed by atoms with van der Waals surface area (Å²) >= 11 is 0. The first-order chi connectivity index (χ1) is 9.15. The lowest BCUT2D eigenvalue weighted by atomic mass is 10.1. The van der Waals surface area contributed by atoms with Crippen LogP contribution >= 0.6 is 0 Å². The average Bonchev–Trinajstić information content (AvgIpc) is 2.87. The highest BCUT2D eigenvalue weighted by Crippen LogP contribution is 2.24. The second-order valence-electron chi connectivity index (χ2n) is 4.48. The lowest BCUT2D eigenvalue weighted by molar-refractivity contribution is 0.0921. The molecule has 0 saturated heterocycles. The normalized spacial score (nSPS) is 10.8. The van der Waals surface area contributed by atoms with E-state index in [1.54, 1.807) is 6.20 Å². The van der Waals surface area contributed by atoms with Crippen molar-refractivity contribution in [1.29, 1.82) is 0 Å². The fourth-order valence-corrected chi connectivity index (χ4v) is 2.11. The number of rotatable bonds is 1. The van der Waals surface area contributed by atoms with Crippen molar-refractivity contribution in [2.75, 3.05) is 0 Å². The van der Waals surface area contributed by atoms with E-state index in [1.165, 1.54) is 11.6 Å². The molecule has 2 aromatic heterocycles. The first-order valence-corrected chi connectivity index (χ1v) is 6.08. The molecule has 0 aliphatic rings. The van der Waals surface area contributed by atoms with Crippen molar-refractivity contribution < 1.29 is 4.79 Å². The molecule has 4 nitrogen and oxygen atoms in total. The van der Waals surface area contributed by atoms with Gasteiger partial charge in [0.2, 0.25) is 5.91 Å². The summed E-state index contributed by atoms with van der Waals surface area (Å²) in [6, 6.07) is 11.9. The van der Waals surface area contributed by atoms with Crippen LogP contribution in [0.1, 0.15) is 17.4 Å². The predicted molar refractivity (Wildman–Crippen MR) is 74.0 cm³/mol. The summed E-state index contributed by atoms with van der Waals surface area (Å²) in [5.41, 5.74) is 3.60. The molecule has 0 bridgehead atoms. The molecule has 0 radical (unpaired) electrons. The summed E-state index contributed by atoms with van der Waals surface area (Å²) in [6.45, 7) is 3.44. The van der Waals surface area contributed by atoms with E-state index in [4.69, 9.17) is 0 Å². The Morgan fingerprint density at radius 2 is 2.00 bits per heavy atom. The molecule has 0 saturated carbocycles. The third-order valence-electron chi connectivity index (χ3n) is 3.10. The molecule has 0 aliphatic carbocycles. The molecular formula is C15H13N3O. The number of para-hydroxylation sites is 1. The quantitative estimate of drug-likeness (QED) is 0.667. The van der Waals surface area contributed by atoms with Crippen molar-refractivity contribution in [3.63, 3.8) is 0 Å². The topological polar surface area (TPSA) is 47.8 Å². The van der Waals surface area contributed by atoms with E-state index in [0.29, 0.717) is 0 Å². The number of pyridine rings is 1. The van der Waals surface area contributed by atoms with Crippen LogP contribution in [0, 0.1) is 6.92 Å². The molecular weight excluding hydrogens is 238 g/mol. The van der Waals surface area contributed by atoms with E-state index < -0.39 is 0 Å². The van der Waals surface area contributed by atoms with Gasteiger partial charge in [-0.3, -0.25) is 9.78 Å². The first-order valence-electron chi connectivity index (χ1n) is 6.08. The van der Waals surface area contributed by atoms with Gasteiger partial charge < -0.3 is 0 Å². The highest BCUT2D eigenvalue weighted by Gasteiger charge is 2.09. The van der Waals surface area contributed by atoms with Crippen LogP contribution in [-0.2, 0) is 0 Å². The molecule has 0 unspecified atom stereocenters. The third-order valence-corrected chi connectivity index (χ3v) is 3.10. The molecule has 1 aromatic carbocycles. The number of aromatic nitrogens is 3. The van der Waals surface area contributed by atoms with Gasteiger partial charge in [0, 0.05) is 29.8 Å². The predicted octanol–water partition coefficient (Wildman–Crippen LogP) is 3.07. The van der Waals surface area contributed by atoms with Crippen molar-refractivity contribution in [3.05, 3.63) is 48.3 Å². The number of nitrogens with zero attached hydrogens (tertiary/aromatic N) is 3. The molecule has 2 heterocycles. The highest BCUT2D eigenvalue weighted by molar-refractivity contribution is 5.84. The molecule has 19 heavy (non-hydrogen) atoms. The first kappa shape index (κ1) is 11.6. The van der Waals surface area contributed by atoms with Crippen LogP contribution in [0.15, 0.2) is 42.6 Å². The van der Waals surface area contributed by atoms with Crippen LogP contribution in [0.2, 0.25) is 0 Å². The smallest absolute Gasteiger partial charge is 0.243 e. The van der Waals surface area contributed by atoms with Gasteiger partial charge in [0.05, 0.1) is 11.2 Å². The summed E-state index contributed by atoms with van der Waals surface area (Å²) in [7, 11) is 0. The zero-order chi connectivity index (χ0) is 13.4. The molecule has 0 aliphatic heterocycles. The largest absolute Gasteiger partial charge is 0.273 e. The Hall–Kier alpha value is -2.49. The van der Waals surface area contributed by atoms with E-state index in [9.17, 15) is 4.79 Å². The Kier molecular flexibility index (Phi) is 2.63. The Bertz CT molecular complexity index is 774. The Morgan fingerprint density at radius 3 is 2.74 bits per heavy atom. The summed E-state index contributed by atoms with van der Waals surface area (Å²) in [5, 5.41) is 5.34. The van der Waals surface area contributed by atoms with Crippen molar-refractivity contribution in [1.82, 2.24) is 14.8 Å². The number of aryl methyl sites for hydroxylation is 1. The molecule has 0 amide bonds. The Balaban J connectivity index is 2.18. The van der Waals surface area contributed by atoms with E-state index in [0.717, 1.165) is 27.9 Å². The van der Waals surface area contributed by atoms with E-state index in [2.05, 4.69) is 16.1 Å². The molecule has 0 spiro atoms. The molecule has 0 atom stereocenters. The molecule has 0 N–H and O–H groups in total.